The van der Waals surface area contributed by atoms with Crippen LogP contribution in [-0.2, 0) is 20.6 Å². The predicted molar refractivity (Wildman–Crippen MR) is 115 cm³/mol. The number of hydrogen-bond donors (Lipinski definition) is 0. The van der Waals surface area contributed by atoms with Gasteiger partial charge in [0.1, 0.15) is 0 Å². The summed E-state index contributed by atoms with van der Waals surface area (Å²) in [5.41, 5.74) is 2.85. The molecule has 0 radical (unpaired) electrons. The summed E-state index contributed by atoms with van der Waals surface area (Å²) < 4.78 is 27.6. The highest BCUT2D eigenvalue weighted by Crippen LogP contribution is 2.20. The summed E-state index contributed by atoms with van der Waals surface area (Å²) in [6.07, 6.45) is 3.33. The Kier molecular flexibility index (Phi) is 6.69. The van der Waals surface area contributed by atoms with Crippen LogP contribution >= 0.6 is 15.9 Å². The Morgan fingerprint density at radius 1 is 1.07 bits per heavy atom. The van der Waals surface area contributed by atoms with Gasteiger partial charge in [-0.3, -0.25) is 4.79 Å². The number of rotatable bonds is 5. The zero-order chi connectivity index (χ0) is 20.1. The van der Waals surface area contributed by atoms with Crippen molar-refractivity contribution in [3.63, 3.8) is 0 Å². The van der Waals surface area contributed by atoms with Gasteiger partial charge in [0, 0.05) is 36.7 Å². The molecule has 5 nitrogen and oxygen atoms in total. The molecule has 148 valence electrons. The highest BCUT2D eigenvalue weighted by molar-refractivity contribution is 9.10. The number of nitrogens with zero attached hydrogens (tertiary/aromatic N) is 2. The number of amides is 1. The third-order valence-corrected chi connectivity index (χ3v) is 7.23. The summed E-state index contributed by atoms with van der Waals surface area (Å²) in [5, 5.41) is 0. The van der Waals surface area contributed by atoms with Crippen LogP contribution < -0.4 is 0 Å². The average molecular weight is 463 g/mol. The number of benzene rings is 2. The van der Waals surface area contributed by atoms with Gasteiger partial charge >= 0.3 is 0 Å². The largest absolute Gasteiger partial charge is 0.337 e. The van der Waals surface area contributed by atoms with Gasteiger partial charge < -0.3 is 4.90 Å². The molecule has 2 aromatic rings. The highest BCUT2D eigenvalue weighted by Gasteiger charge is 2.28. The van der Waals surface area contributed by atoms with Crippen LogP contribution in [0.2, 0.25) is 0 Å². The minimum atomic E-state index is -3.38. The van der Waals surface area contributed by atoms with E-state index < -0.39 is 10.0 Å². The van der Waals surface area contributed by atoms with Gasteiger partial charge in [-0.05, 0) is 35.8 Å². The molecule has 2 aromatic carbocycles. The van der Waals surface area contributed by atoms with Crippen LogP contribution in [0, 0.1) is 6.92 Å². The van der Waals surface area contributed by atoms with E-state index in [1.807, 2.05) is 55.5 Å². The Bertz CT molecular complexity index is 966. The molecule has 28 heavy (non-hydrogen) atoms. The van der Waals surface area contributed by atoms with Crippen molar-refractivity contribution in [2.75, 3.05) is 26.2 Å². The second-order valence-electron chi connectivity index (χ2n) is 6.82. The molecule has 3 rings (SSSR count). The van der Waals surface area contributed by atoms with Crippen LogP contribution in [0.5, 0.6) is 0 Å². The molecule has 0 unspecified atom stereocenters. The Balaban J connectivity index is 1.57. The molecule has 7 heteroatoms. The first-order valence-electron chi connectivity index (χ1n) is 9.10. The lowest BCUT2D eigenvalue weighted by Crippen LogP contribution is -2.50. The second-order valence-corrected chi connectivity index (χ2v) is 9.65. The standard InChI is InChI=1S/C21H23BrN2O3S/c1-17-7-8-19(20(22)15-17)9-10-21(25)23-11-13-24(14-12-23)28(26,27)16-18-5-3-2-4-6-18/h2-10,15H,11-14,16H2,1H3. The number of hydrogen-bond acceptors (Lipinski definition) is 3. The molecule has 0 aromatic heterocycles. The third-order valence-electron chi connectivity index (χ3n) is 4.70. The Hall–Kier alpha value is -1.96. The molecule has 1 heterocycles. The normalized spacial score (nSPS) is 15.9. The topological polar surface area (TPSA) is 57.7 Å². The van der Waals surface area contributed by atoms with Crippen LogP contribution in [0.3, 0.4) is 0 Å². The van der Waals surface area contributed by atoms with Crippen molar-refractivity contribution < 1.29 is 13.2 Å². The van der Waals surface area contributed by atoms with Crippen molar-refractivity contribution in [2.45, 2.75) is 12.7 Å². The molecular weight excluding hydrogens is 440 g/mol. The Morgan fingerprint density at radius 2 is 1.75 bits per heavy atom. The van der Waals surface area contributed by atoms with E-state index in [0.717, 1.165) is 21.2 Å². The molecule has 0 bridgehead atoms. The number of carbonyl (C=O) groups excluding carboxylic acids is 1. The van der Waals surface area contributed by atoms with Gasteiger partial charge in [0.15, 0.2) is 0 Å². The first-order chi connectivity index (χ1) is 13.3. The Morgan fingerprint density at radius 3 is 2.39 bits per heavy atom. The van der Waals surface area contributed by atoms with E-state index in [2.05, 4.69) is 15.9 Å². The molecule has 0 atom stereocenters. The van der Waals surface area contributed by atoms with Gasteiger partial charge in [0.05, 0.1) is 5.75 Å². The van der Waals surface area contributed by atoms with E-state index in [-0.39, 0.29) is 11.7 Å². The molecule has 0 saturated carbocycles. The summed E-state index contributed by atoms with van der Waals surface area (Å²) >= 11 is 3.50. The van der Waals surface area contributed by atoms with Crippen molar-refractivity contribution in [1.29, 1.82) is 0 Å². The highest BCUT2D eigenvalue weighted by atomic mass is 79.9. The summed E-state index contributed by atoms with van der Waals surface area (Å²) in [6.45, 7) is 3.44. The van der Waals surface area contributed by atoms with Crippen molar-refractivity contribution in [1.82, 2.24) is 9.21 Å². The second kappa shape index (κ2) is 9.03. The predicted octanol–water partition coefficient (Wildman–Crippen LogP) is 3.44. The van der Waals surface area contributed by atoms with Gasteiger partial charge in [-0.25, -0.2) is 8.42 Å². The zero-order valence-corrected chi connectivity index (χ0v) is 18.1. The number of carbonyl (C=O) groups is 1. The van der Waals surface area contributed by atoms with Gasteiger partial charge in [-0.15, -0.1) is 0 Å². The van der Waals surface area contributed by atoms with E-state index in [9.17, 15) is 13.2 Å². The van der Waals surface area contributed by atoms with E-state index in [0.29, 0.717) is 26.2 Å². The van der Waals surface area contributed by atoms with Crippen LogP contribution in [-0.4, -0.2) is 49.7 Å². The maximum atomic E-state index is 12.6. The molecular formula is C21H23BrN2O3S. The van der Waals surface area contributed by atoms with E-state index >= 15 is 0 Å². The molecule has 0 aliphatic carbocycles. The third kappa shape index (κ3) is 5.31. The first kappa shape index (κ1) is 20.8. The quantitative estimate of drug-likeness (QED) is 0.639. The van der Waals surface area contributed by atoms with Crippen LogP contribution in [0.15, 0.2) is 59.1 Å². The van der Waals surface area contributed by atoms with Crippen LogP contribution in [0.25, 0.3) is 6.08 Å². The SMILES string of the molecule is Cc1ccc(C=CC(=O)N2CCN(S(=O)(=O)Cc3ccccc3)CC2)c(Br)c1. The summed E-state index contributed by atoms with van der Waals surface area (Å²) in [7, 11) is -3.38. The molecule has 1 amide bonds. The van der Waals surface area contributed by atoms with Crippen molar-refractivity contribution in [2.24, 2.45) is 0 Å². The van der Waals surface area contributed by atoms with E-state index in [1.165, 1.54) is 4.31 Å². The zero-order valence-electron chi connectivity index (χ0n) is 15.7. The summed E-state index contributed by atoms with van der Waals surface area (Å²) in [6, 6.07) is 15.1. The number of sulfonamides is 1. The van der Waals surface area contributed by atoms with Gasteiger partial charge in [-0.2, -0.15) is 4.31 Å². The average Bonchev–Trinajstić information content (AvgIpc) is 2.67. The summed E-state index contributed by atoms with van der Waals surface area (Å²) in [5.74, 6) is -0.115. The smallest absolute Gasteiger partial charge is 0.246 e. The minimum Gasteiger partial charge on any atom is -0.337 e. The lowest BCUT2D eigenvalue weighted by atomic mass is 10.1. The number of piperazine rings is 1. The monoisotopic (exact) mass is 462 g/mol. The molecule has 1 aliphatic heterocycles. The molecule has 1 aliphatic rings. The molecule has 1 saturated heterocycles. The minimum absolute atomic E-state index is 0.0108. The first-order valence-corrected chi connectivity index (χ1v) is 11.5. The van der Waals surface area contributed by atoms with Crippen molar-refractivity contribution in [3.05, 3.63) is 75.8 Å². The molecule has 1 fully saturated rings. The van der Waals surface area contributed by atoms with Gasteiger partial charge in [-0.1, -0.05) is 58.4 Å². The van der Waals surface area contributed by atoms with E-state index in [1.54, 1.807) is 17.1 Å². The summed E-state index contributed by atoms with van der Waals surface area (Å²) in [4.78, 5) is 14.1. The fourth-order valence-corrected chi connectivity index (χ4v) is 5.24. The maximum Gasteiger partial charge on any atom is 0.246 e. The number of halogens is 1. The molecule has 0 spiro atoms. The fraction of sp³-hybridized carbons (Fsp3) is 0.286. The van der Waals surface area contributed by atoms with Crippen LogP contribution in [0.1, 0.15) is 16.7 Å². The van der Waals surface area contributed by atoms with Gasteiger partial charge in [0.25, 0.3) is 0 Å². The van der Waals surface area contributed by atoms with Gasteiger partial charge in [0.2, 0.25) is 15.9 Å². The molecule has 0 N–H and O–H groups in total. The fourth-order valence-electron chi connectivity index (χ4n) is 3.10. The van der Waals surface area contributed by atoms with Crippen molar-refractivity contribution in [3.8, 4) is 0 Å². The lowest BCUT2D eigenvalue weighted by Gasteiger charge is -2.33. The lowest BCUT2D eigenvalue weighted by molar-refractivity contribution is -0.127. The number of aryl methyl sites for hydroxylation is 1. The van der Waals surface area contributed by atoms with Crippen molar-refractivity contribution >= 4 is 37.9 Å². The van der Waals surface area contributed by atoms with E-state index in [4.69, 9.17) is 0 Å². The Labute approximate surface area is 174 Å². The maximum absolute atomic E-state index is 12.6. The van der Waals surface area contributed by atoms with Crippen LogP contribution in [0.4, 0.5) is 0 Å².